The Morgan fingerprint density at radius 2 is 2.00 bits per heavy atom. The smallest absolute Gasteiger partial charge is 0.273 e. The van der Waals surface area contributed by atoms with Gasteiger partial charge in [-0.25, -0.2) is 12.7 Å². The zero-order valence-electron chi connectivity index (χ0n) is 13.7. The summed E-state index contributed by atoms with van der Waals surface area (Å²) < 4.78 is 31.4. The van der Waals surface area contributed by atoms with Crippen LogP contribution in [0, 0.1) is 16.0 Å². The second kappa shape index (κ2) is 7.71. The Bertz CT molecular complexity index is 660. The van der Waals surface area contributed by atoms with Crippen molar-refractivity contribution in [1.29, 1.82) is 0 Å². The van der Waals surface area contributed by atoms with Crippen molar-refractivity contribution in [3.05, 3.63) is 28.3 Å². The van der Waals surface area contributed by atoms with E-state index >= 15 is 0 Å². The molecule has 1 rings (SSSR count). The third-order valence-corrected chi connectivity index (χ3v) is 5.58. The molecule has 0 bridgehead atoms. The molecule has 0 amide bonds. The predicted molar refractivity (Wildman–Crippen MR) is 86.9 cm³/mol. The van der Waals surface area contributed by atoms with E-state index in [2.05, 4.69) is 0 Å². The van der Waals surface area contributed by atoms with Gasteiger partial charge in [-0.1, -0.05) is 13.8 Å². The maximum atomic E-state index is 12.6. The number of hydrogen-bond acceptors (Lipinski definition) is 6. The van der Waals surface area contributed by atoms with E-state index in [1.54, 1.807) is 0 Å². The summed E-state index contributed by atoms with van der Waals surface area (Å²) in [6, 6.07) is 3.32. The quantitative estimate of drug-likeness (QED) is 0.565. The first-order valence-electron chi connectivity index (χ1n) is 7.15. The SMILES string of the molecule is COc1cc([N+](=O)[O-])ccc1S(=O)(=O)N(C)CCC(N)C(C)C. The van der Waals surface area contributed by atoms with Crippen LogP contribution in [0.5, 0.6) is 5.75 Å². The summed E-state index contributed by atoms with van der Waals surface area (Å²) in [7, 11) is -1.10. The van der Waals surface area contributed by atoms with Gasteiger partial charge in [-0.2, -0.15) is 0 Å². The largest absolute Gasteiger partial charge is 0.495 e. The van der Waals surface area contributed by atoms with Crippen LogP contribution in [-0.4, -0.2) is 44.4 Å². The van der Waals surface area contributed by atoms with Crippen LogP contribution >= 0.6 is 0 Å². The first-order chi connectivity index (χ1) is 10.6. The molecule has 23 heavy (non-hydrogen) atoms. The van der Waals surface area contributed by atoms with Crippen molar-refractivity contribution in [2.75, 3.05) is 20.7 Å². The molecule has 0 saturated heterocycles. The van der Waals surface area contributed by atoms with Crippen molar-refractivity contribution >= 4 is 15.7 Å². The Morgan fingerprint density at radius 1 is 1.39 bits per heavy atom. The number of methoxy groups -OCH3 is 1. The monoisotopic (exact) mass is 345 g/mol. The van der Waals surface area contributed by atoms with E-state index in [-0.39, 0.29) is 34.8 Å². The predicted octanol–water partition coefficient (Wildman–Crippen LogP) is 1.60. The van der Waals surface area contributed by atoms with E-state index in [4.69, 9.17) is 10.5 Å². The summed E-state index contributed by atoms with van der Waals surface area (Å²) in [5.41, 5.74) is 5.70. The van der Waals surface area contributed by atoms with Gasteiger partial charge in [-0.15, -0.1) is 0 Å². The molecule has 0 radical (unpaired) electrons. The standard InChI is InChI=1S/C14H23N3O5S/c1-10(2)12(15)7-8-16(3)23(20,21)14-6-5-11(17(18)19)9-13(14)22-4/h5-6,9-10,12H,7-8,15H2,1-4H3. The minimum atomic E-state index is -3.82. The second-order valence-corrected chi connectivity index (χ2v) is 7.63. The van der Waals surface area contributed by atoms with E-state index in [0.29, 0.717) is 6.42 Å². The molecule has 8 nitrogen and oxygen atoms in total. The minimum Gasteiger partial charge on any atom is -0.495 e. The fourth-order valence-electron chi connectivity index (χ4n) is 1.94. The molecule has 0 aliphatic rings. The van der Waals surface area contributed by atoms with E-state index < -0.39 is 14.9 Å². The fraction of sp³-hybridized carbons (Fsp3) is 0.571. The van der Waals surface area contributed by atoms with Crippen molar-refractivity contribution in [2.45, 2.75) is 31.2 Å². The molecular weight excluding hydrogens is 322 g/mol. The number of non-ortho nitro benzene ring substituents is 1. The average Bonchev–Trinajstić information content (AvgIpc) is 2.50. The van der Waals surface area contributed by atoms with Crippen LogP contribution in [0.4, 0.5) is 5.69 Å². The maximum Gasteiger partial charge on any atom is 0.273 e. The molecule has 130 valence electrons. The number of nitrogens with two attached hydrogens (primary N) is 1. The number of sulfonamides is 1. The summed E-state index contributed by atoms with van der Waals surface area (Å²) in [4.78, 5) is 10.1. The van der Waals surface area contributed by atoms with E-state index in [0.717, 1.165) is 12.1 Å². The van der Waals surface area contributed by atoms with Gasteiger partial charge < -0.3 is 10.5 Å². The lowest BCUT2D eigenvalue weighted by Gasteiger charge is -2.22. The molecule has 2 N–H and O–H groups in total. The van der Waals surface area contributed by atoms with Gasteiger partial charge in [-0.05, 0) is 18.4 Å². The first-order valence-corrected chi connectivity index (χ1v) is 8.59. The average molecular weight is 345 g/mol. The van der Waals surface area contributed by atoms with Crippen molar-refractivity contribution < 1.29 is 18.1 Å². The number of nitro benzene ring substituents is 1. The molecule has 1 aromatic carbocycles. The highest BCUT2D eigenvalue weighted by atomic mass is 32.2. The topological polar surface area (TPSA) is 116 Å². The molecular formula is C14H23N3O5S. The molecule has 1 aromatic rings. The molecule has 9 heteroatoms. The highest BCUT2D eigenvalue weighted by molar-refractivity contribution is 7.89. The molecule has 0 aliphatic heterocycles. The van der Waals surface area contributed by atoms with E-state index in [9.17, 15) is 18.5 Å². The van der Waals surface area contributed by atoms with Crippen molar-refractivity contribution in [2.24, 2.45) is 11.7 Å². The van der Waals surface area contributed by atoms with Crippen LogP contribution < -0.4 is 10.5 Å². The van der Waals surface area contributed by atoms with Gasteiger partial charge in [0.15, 0.2) is 0 Å². The maximum absolute atomic E-state index is 12.6. The molecule has 0 heterocycles. The third kappa shape index (κ3) is 4.63. The van der Waals surface area contributed by atoms with Crippen LogP contribution in [0.2, 0.25) is 0 Å². The van der Waals surface area contributed by atoms with E-state index in [1.165, 1.54) is 24.5 Å². The van der Waals surface area contributed by atoms with Gasteiger partial charge in [0.2, 0.25) is 10.0 Å². The van der Waals surface area contributed by atoms with Crippen LogP contribution in [-0.2, 0) is 10.0 Å². The Balaban J connectivity index is 3.05. The molecule has 0 spiro atoms. The minimum absolute atomic E-state index is 0.0563. The summed E-state index contributed by atoms with van der Waals surface area (Å²) >= 11 is 0. The number of nitro groups is 1. The summed E-state index contributed by atoms with van der Waals surface area (Å²) in [6.45, 7) is 4.19. The van der Waals surface area contributed by atoms with Gasteiger partial charge in [-0.3, -0.25) is 10.1 Å². The van der Waals surface area contributed by atoms with Gasteiger partial charge in [0.25, 0.3) is 5.69 Å². The fourth-order valence-corrected chi connectivity index (χ4v) is 3.25. The van der Waals surface area contributed by atoms with E-state index in [1.807, 2.05) is 13.8 Å². The van der Waals surface area contributed by atoms with Crippen LogP contribution in [0.15, 0.2) is 23.1 Å². The molecule has 1 atom stereocenters. The zero-order valence-corrected chi connectivity index (χ0v) is 14.5. The van der Waals surface area contributed by atoms with Gasteiger partial charge in [0.05, 0.1) is 18.1 Å². The summed E-state index contributed by atoms with van der Waals surface area (Å²) in [6.07, 6.45) is 0.517. The zero-order chi connectivity index (χ0) is 17.8. The lowest BCUT2D eigenvalue weighted by Crippen LogP contribution is -2.34. The van der Waals surface area contributed by atoms with Crippen LogP contribution in [0.25, 0.3) is 0 Å². The Morgan fingerprint density at radius 3 is 2.48 bits per heavy atom. The highest BCUT2D eigenvalue weighted by Gasteiger charge is 2.27. The highest BCUT2D eigenvalue weighted by Crippen LogP contribution is 2.30. The van der Waals surface area contributed by atoms with Crippen LogP contribution in [0.1, 0.15) is 20.3 Å². The Kier molecular flexibility index (Phi) is 6.48. The van der Waals surface area contributed by atoms with Crippen molar-refractivity contribution in [3.8, 4) is 5.75 Å². The third-order valence-electron chi connectivity index (χ3n) is 3.68. The van der Waals surface area contributed by atoms with Gasteiger partial charge >= 0.3 is 0 Å². The van der Waals surface area contributed by atoms with Crippen LogP contribution in [0.3, 0.4) is 0 Å². The first kappa shape index (κ1) is 19.3. The lowest BCUT2D eigenvalue weighted by molar-refractivity contribution is -0.385. The number of benzene rings is 1. The summed E-state index contributed by atoms with van der Waals surface area (Å²) in [5.74, 6) is 0.194. The Labute approximate surface area is 136 Å². The molecule has 1 unspecified atom stereocenters. The lowest BCUT2D eigenvalue weighted by atomic mass is 10.0. The van der Waals surface area contributed by atoms with Crippen molar-refractivity contribution in [3.63, 3.8) is 0 Å². The molecule has 0 aromatic heterocycles. The van der Waals surface area contributed by atoms with Crippen molar-refractivity contribution in [1.82, 2.24) is 4.31 Å². The second-order valence-electron chi connectivity index (χ2n) is 5.62. The molecule has 0 aliphatic carbocycles. The number of rotatable bonds is 8. The van der Waals surface area contributed by atoms with Gasteiger partial charge in [0.1, 0.15) is 10.6 Å². The normalized spacial score (nSPS) is 13.3. The Hall–Kier alpha value is -1.71. The summed E-state index contributed by atoms with van der Waals surface area (Å²) in [5, 5.41) is 10.8. The van der Waals surface area contributed by atoms with Gasteiger partial charge in [0, 0.05) is 25.7 Å². The molecule has 0 fully saturated rings. The molecule has 0 saturated carbocycles. The number of ether oxygens (including phenoxy) is 1. The number of hydrogen-bond donors (Lipinski definition) is 1. The number of nitrogens with zero attached hydrogens (tertiary/aromatic N) is 2.